The Labute approximate surface area is 118 Å². The minimum absolute atomic E-state index is 0.303. The van der Waals surface area contributed by atoms with Gasteiger partial charge >= 0.3 is 6.01 Å². The molecule has 0 aliphatic heterocycles. The maximum Gasteiger partial charge on any atom is 0.322 e. The first-order valence-corrected chi connectivity index (χ1v) is 6.46. The maximum absolute atomic E-state index is 5.77. The summed E-state index contributed by atoms with van der Waals surface area (Å²) in [6.45, 7) is 6.07. The Hall–Kier alpha value is -2.30. The molecule has 0 amide bonds. The van der Waals surface area contributed by atoms with E-state index in [0.29, 0.717) is 29.1 Å². The summed E-state index contributed by atoms with van der Waals surface area (Å²) in [5.41, 5.74) is 8.17. The van der Waals surface area contributed by atoms with Crippen LogP contribution >= 0.6 is 0 Å². The van der Waals surface area contributed by atoms with Crippen LogP contribution in [0.3, 0.4) is 0 Å². The van der Waals surface area contributed by atoms with Crippen molar-refractivity contribution in [3.05, 3.63) is 35.7 Å². The molecule has 1 heterocycles. The molecule has 0 bridgehead atoms. The number of benzene rings is 1. The van der Waals surface area contributed by atoms with Crippen molar-refractivity contribution in [2.24, 2.45) is 0 Å². The van der Waals surface area contributed by atoms with Crippen LogP contribution < -0.4 is 15.2 Å². The Morgan fingerprint density at radius 2 is 1.85 bits per heavy atom. The standard InChI is InChI=1S/C15H19N3O2/c1-9(2)12-7-10(3)17-15(18-12)20-14-8-11(16)5-6-13(14)19-4/h5-9H,16H2,1-4H3. The molecule has 2 aromatic rings. The highest BCUT2D eigenvalue weighted by molar-refractivity contribution is 5.52. The number of anilines is 1. The van der Waals surface area contributed by atoms with Gasteiger partial charge in [0.2, 0.25) is 0 Å². The molecule has 0 radical (unpaired) electrons. The van der Waals surface area contributed by atoms with Crippen molar-refractivity contribution in [1.82, 2.24) is 9.97 Å². The number of rotatable bonds is 4. The van der Waals surface area contributed by atoms with Gasteiger partial charge in [0.1, 0.15) is 0 Å². The molecule has 0 atom stereocenters. The second-order valence-electron chi connectivity index (χ2n) is 4.88. The topological polar surface area (TPSA) is 70.3 Å². The second-order valence-corrected chi connectivity index (χ2v) is 4.88. The summed E-state index contributed by atoms with van der Waals surface area (Å²) in [5.74, 6) is 1.41. The summed E-state index contributed by atoms with van der Waals surface area (Å²) < 4.78 is 11.0. The van der Waals surface area contributed by atoms with E-state index in [1.165, 1.54) is 0 Å². The fourth-order valence-corrected chi connectivity index (χ4v) is 1.78. The Morgan fingerprint density at radius 3 is 2.50 bits per heavy atom. The SMILES string of the molecule is COc1ccc(N)cc1Oc1nc(C)cc(C(C)C)n1. The van der Waals surface area contributed by atoms with Crippen molar-refractivity contribution in [2.45, 2.75) is 26.7 Å². The van der Waals surface area contributed by atoms with Crippen LogP contribution in [-0.2, 0) is 0 Å². The molecule has 0 spiro atoms. The van der Waals surface area contributed by atoms with Gasteiger partial charge in [-0.3, -0.25) is 0 Å². The number of nitrogens with zero attached hydrogens (tertiary/aromatic N) is 2. The summed E-state index contributed by atoms with van der Waals surface area (Å²) in [7, 11) is 1.58. The monoisotopic (exact) mass is 273 g/mol. The summed E-state index contributed by atoms with van der Waals surface area (Å²) in [6, 6.07) is 7.46. The third-order valence-electron chi connectivity index (χ3n) is 2.83. The highest BCUT2D eigenvalue weighted by Crippen LogP contribution is 2.32. The predicted molar refractivity (Wildman–Crippen MR) is 78.3 cm³/mol. The first-order chi connectivity index (χ1) is 9.49. The Balaban J connectivity index is 2.37. The van der Waals surface area contributed by atoms with E-state index in [1.54, 1.807) is 25.3 Å². The Bertz CT molecular complexity index is 612. The number of aryl methyl sites for hydroxylation is 1. The Morgan fingerprint density at radius 1 is 1.10 bits per heavy atom. The van der Waals surface area contributed by atoms with E-state index in [4.69, 9.17) is 15.2 Å². The molecule has 0 aliphatic carbocycles. The van der Waals surface area contributed by atoms with Crippen LogP contribution in [0.15, 0.2) is 24.3 Å². The highest BCUT2D eigenvalue weighted by Gasteiger charge is 2.11. The predicted octanol–water partition coefficient (Wildman–Crippen LogP) is 3.29. The lowest BCUT2D eigenvalue weighted by molar-refractivity contribution is 0.367. The zero-order valence-electron chi connectivity index (χ0n) is 12.2. The van der Waals surface area contributed by atoms with Crippen LogP contribution in [0.1, 0.15) is 31.2 Å². The third kappa shape index (κ3) is 3.17. The van der Waals surface area contributed by atoms with Gasteiger partial charge in [-0.05, 0) is 31.0 Å². The number of aromatic nitrogens is 2. The zero-order valence-corrected chi connectivity index (χ0v) is 12.2. The van der Waals surface area contributed by atoms with Gasteiger partial charge in [0, 0.05) is 17.4 Å². The van der Waals surface area contributed by atoms with Gasteiger partial charge < -0.3 is 15.2 Å². The zero-order chi connectivity index (χ0) is 14.7. The largest absolute Gasteiger partial charge is 0.493 e. The smallest absolute Gasteiger partial charge is 0.322 e. The summed E-state index contributed by atoms with van der Waals surface area (Å²) in [5, 5.41) is 0. The van der Waals surface area contributed by atoms with E-state index >= 15 is 0 Å². The lowest BCUT2D eigenvalue weighted by Crippen LogP contribution is -2.01. The molecule has 2 rings (SSSR count). The fourth-order valence-electron chi connectivity index (χ4n) is 1.78. The molecule has 1 aromatic carbocycles. The average Bonchev–Trinajstić information content (AvgIpc) is 2.38. The third-order valence-corrected chi connectivity index (χ3v) is 2.83. The molecule has 106 valence electrons. The van der Waals surface area contributed by atoms with Gasteiger partial charge in [-0.2, -0.15) is 4.98 Å². The molecule has 2 N–H and O–H groups in total. The summed E-state index contributed by atoms with van der Waals surface area (Å²) >= 11 is 0. The van der Waals surface area contributed by atoms with E-state index < -0.39 is 0 Å². The lowest BCUT2D eigenvalue weighted by Gasteiger charge is -2.12. The Kier molecular flexibility index (Phi) is 4.08. The van der Waals surface area contributed by atoms with Crippen LogP contribution in [0.4, 0.5) is 5.69 Å². The van der Waals surface area contributed by atoms with Gasteiger partial charge in [-0.25, -0.2) is 4.98 Å². The van der Waals surface area contributed by atoms with E-state index in [0.717, 1.165) is 11.4 Å². The first-order valence-electron chi connectivity index (χ1n) is 6.46. The molecule has 0 saturated heterocycles. The molecular formula is C15H19N3O2. The number of hydrogen-bond acceptors (Lipinski definition) is 5. The normalized spacial score (nSPS) is 10.7. The summed E-state index contributed by atoms with van der Waals surface area (Å²) in [4.78, 5) is 8.69. The maximum atomic E-state index is 5.77. The average molecular weight is 273 g/mol. The van der Waals surface area contributed by atoms with Crippen LogP contribution in [0.2, 0.25) is 0 Å². The van der Waals surface area contributed by atoms with E-state index in [1.807, 2.05) is 13.0 Å². The lowest BCUT2D eigenvalue weighted by atomic mass is 10.1. The van der Waals surface area contributed by atoms with Crippen LogP contribution in [0, 0.1) is 6.92 Å². The van der Waals surface area contributed by atoms with Crippen molar-refractivity contribution in [1.29, 1.82) is 0 Å². The van der Waals surface area contributed by atoms with Gasteiger partial charge in [0.25, 0.3) is 0 Å². The van der Waals surface area contributed by atoms with Crippen LogP contribution in [-0.4, -0.2) is 17.1 Å². The quantitative estimate of drug-likeness (QED) is 0.865. The van der Waals surface area contributed by atoms with E-state index in [9.17, 15) is 0 Å². The van der Waals surface area contributed by atoms with Crippen LogP contribution in [0.25, 0.3) is 0 Å². The minimum atomic E-state index is 0.303. The van der Waals surface area contributed by atoms with Gasteiger partial charge in [0.15, 0.2) is 11.5 Å². The molecule has 0 saturated carbocycles. The van der Waals surface area contributed by atoms with Gasteiger partial charge in [0.05, 0.1) is 12.8 Å². The fraction of sp³-hybridized carbons (Fsp3) is 0.333. The highest BCUT2D eigenvalue weighted by atomic mass is 16.5. The molecule has 0 aliphatic rings. The van der Waals surface area contributed by atoms with Crippen LogP contribution in [0.5, 0.6) is 17.5 Å². The van der Waals surface area contributed by atoms with Crippen molar-refractivity contribution >= 4 is 5.69 Å². The molecular weight excluding hydrogens is 254 g/mol. The van der Waals surface area contributed by atoms with Crippen molar-refractivity contribution in [2.75, 3.05) is 12.8 Å². The molecule has 0 unspecified atom stereocenters. The van der Waals surface area contributed by atoms with E-state index in [-0.39, 0.29) is 0 Å². The van der Waals surface area contributed by atoms with Crippen molar-refractivity contribution < 1.29 is 9.47 Å². The molecule has 0 fully saturated rings. The number of methoxy groups -OCH3 is 1. The molecule has 1 aromatic heterocycles. The van der Waals surface area contributed by atoms with Gasteiger partial charge in [-0.15, -0.1) is 0 Å². The number of hydrogen-bond donors (Lipinski definition) is 1. The second kappa shape index (κ2) is 5.77. The van der Waals surface area contributed by atoms with Gasteiger partial charge in [-0.1, -0.05) is 13.8 Å². The first kappa shape index (κ1) is 14.1. The van der Waals surface area contributed by atoms with Crippen molar-refractivity contribution in [3.63, 3.8) is 0 Å². The molecule has 5 heteroatoms. The minimum Gasteiger partial charge on any atom is -0.493 e. The number of nitrogen functional groups attached to an aromatic ring is 1. The van der Waals surface area contributed by atoms with E-state index in [2.05, 4.69) is 23.8 Å². The van der Waals surface area contributed by atoms with Crippen molar-refractivity contribution in [3.8, 4) is 17.5 Å². The molecule has 20 heavy (non-hydrogen) atoms. The molecule has 5 nitrogen and oxygen atoms in total. The summed E-state index contributed by atoms with van der Waals surface area (Å²) in [6.07, 6.45) is 0. The number of ether oxygens (including phenoxy) is 2. The number of nitrogens with two attached hydrogens (primary N) is 1.